The van der Waals surface area contributed by atoms with Crippen LogP contribution in [0.4, 0.5) is 0 Å². The molecule has 0 rings (SSSR count). The van der Waals surface area contributed by atoms with Gasteiger partial charge in [-0.25, -0.2) is 0 Å². The summed E-state index contributed by atoms with van der Waals surface area (Å²) in [4.78, 5) is 12.5. The van der Waals surface area contributed by atoms with E-state index in [1.807, 2.05) is 6.08 Å². The van der Waals surface area contributed by atoms with Crippen molar-refractivity contribution in [3.63, 3.8) is 0 Å². The van der Waals surface area contributed by atoms with E-state index >= 15 is 0 Å². The van der Waals surface area contributed by atoms with Crippen LogP contribution in [-0.2, 0) is 4.79 Å². The van der Waals surface area contributed by atoms with Crippen molar-refractivity contribution in [3.8, 4) is 0 Å². The zero-order chi connectivity index (χ0) is 45.8. The van der Waals surface area contributed by atoms with Gasteiger partial charge in [-0.1, -0.05) is 289 Å². The molecule has 0 aromatic rings. The molecule has 1 amide bonds. The third-order valence-corrected chi connectivity index (χ3v) is 13.5. The Morgan fingerprint density at radius 1 is 0.397 bits per heavy atom. The van der Waals surface area contributed by atoms with Crippen molar-refractivity contribution in [1.29, 1.82) is 0 Å². The molecule has 0 saturated heterocycles. The molecule has 0 aromatic carbocycles. The minimum absolute atomic E-state index is 0.0141. The fraction of sp³-hybridized carbons (Fsp3) is 0.914. The highest BCUT2D eigenvalue weighted by Crippen LogP contribution is 2.17. The highest BCUT2D eigenvalue weighted by atomic mass is 16.3. The first-order chi connectivity index (χ1) is 31.0. The van der Waals surface area contributed by atoms with E-state index in [1.165, 1.54) is 263 Å². The summed E-state index contributed by atoms with van der Waals surface area (Å²) in [7, 11) is 0. The highest BCUT2D eigenvalue weighted by Gasteiger charge is 2.20. The summed E-state index contributed by atoms with van der Waals surface area (Å²) in [5.41, 5.74) is 0. The average molecular weight is 889 g/mol. The lowest BCUT2D eigenvalue weighted by atomic mass is 10.0. The van der Waals surface area contributed by atoms with Crippen LogP contribution in [0.1, 0.15) is 316 Å². The summed E-state index contributed by atoms with van der Waals surface area (Å²) in [5, 5.41) is 33.5. The molecule has 4 N–H and O–H groups in total. The minimum Gasteiger partial charge on any atom is -0.394 e. The number of allylic oxidation sites excluding steroid dienone is 3. The zero-order valence-electron chi connectivity index (χ0n) is 42.7. The Bertz CT molecular complexity index is 936. The van der Waals surface area contributed by atoms with Gasteiger partial charge < -0.3 is 20.6 Å². The van der Waals surface area contributed by atoms with Crippen molar-refractivity contribution >= 4 is 5.91 Å². The van der Waals surface area contributed by atoms with Crippen molar-refractivity contribution in [2.24, 2.45) is 0 Å². The van der Waals surface area contributed by atoms with Crippen molar-refractivity contribution < 1.29 is 20.1 Å². The van der Waals surface area contributed by atoms with Gasteiger partial charge in [0.2, 0.25) is 5.91 Å². The number of hydrogen-bond donors (Lipinski definition) is 4. The van der Waals surface area contributed by atoms with Gasteiger partial charge in [0, 0.05) is 0 Å². The van der Waals surface area contributed by atoms with Crippen LogP contribution in [0.5, 0.6) is 0 Å². The molecule has 0 aliphatic rings. The number of carbonyl (C=O) groups is 1. The predicted octanol–water partition coefficient (Wildman–Crippen LogP) is 17.7. The maximum atomic E-state index is 12.5. The van der Waals surface area contributed by atoms with Gasteiger partial charge >= 0.3 is 0 Å². The molecular formula is C58H113NO4. The van der Waals surface area contributed by atoms with Crippen molar-refractivity contribution in [2.75, 3.05) is 6.61 Å². The molecule has 0 aliphatic carbocycles. The first-order valence-electron chi connectivity index (χ1n) is 28.6. The second-order valence-corrected chi connectivity index (χ2v) is 19.9. The summed E-state index contributed by atoms with van der Waals surface area (Å²) in [5.74, 6) is -0.312. The average Bonchev–Trinajstić information content (AvgIpc) is 3.28. The maximum absolute atomic E-state index is 12.5. The van der Waals surface area contributed by atoms with Gasteiger partial charge in [-0.05, 0) is 44.9 Å². The lowest BCUT2D eigenvalue weighted by Crippen LogP contribution is -2.45. The Morgan fingerprint density at radius 3 is 0.968 bits per heavy atom. The molecule has 0 spiro atoms. The van der Waals surface area contributed by atoms with Crippen LogP contribution in [0.15, 0.2) is 24.3 Å². The summed E-state index contributed by atoms with van der Waals surface area (Å²) in [6.07, 6.45) is 68.0. The topological polar surface area (TPSA) is 89.8 Å². The number of carbonyl (C=O) groups excluding carboxylic acids is 1. The molecule has 3 unspecified atom stereocenters. The Kier molecular flexibility index (Phi) is 52.5. The van der Waals surface area contributed by atoms with E-state index in [0.717, 1.165) is 25.7 Å². The van der Waals surface area contributed by atoms with Crippen LogP contribution in [0, 0.1) is 0 Å². The molecular weight excluding hydrogens is 775 g/mol. The molecule has 0 aromatic heterocycles. The van der Waals surface area contributed by atoms with E-state index in [9.17, 15) is 20.1 Å². The first-order valence-corrected chi connectivity index (χ1v) is 28.6. The van der Waals surface area contributed by atoms with Gasteiger partial charge in [0.25, 0.3) is 0 Å². The SMILES string of the molecule is CCCCCCCCCCCCCC/C=C\CCCCCCCCCCC(O)CC(=O)NC(CO)C(O)/C=C/CCCCCCCCCCCCCCCCCCCCCCCC. The number of hydrogen-bond acceptors (Lipinski definition) is 4. The smallest absolute Gasteiger partial charge is 0.222 e. The molecule has 0 heterocycles. The van der Waals surface area contributed by atoms with Crippen LogP contribution in [0.25, 0.3) is 0 Å². The number of aliphatic hydroxyl groups excluding tert-OH is 3. The molecule has 0 fully saturated rings. The number of unbranched alkanes of at least 4 members (excludes halogenated alkanes) is 42. The molecule has 5 heteroatoms. The normalized spacial score (nSPS) is 13.4. The third kappa shape index (κ3) is 50.1. The first kappa shape index (κ1) is 61.8. The van der Waals surface area contributed by atoms with Gasteiger partial charge in [-0.15, -0.1) is 0 Å². The molecule has 0 saturated carbocycles. The Hall–Kier alpha value is -1.17. The summed E-state index contributed by atoms with van der Waals surface area (Å²) < 4.78 is 0. The van der Waals surface area contributed by atoms with E-state index < -0.39 is 18.2 Å². The van der Waals surface area contributed by atoms with Gasteiger partial charge in [-0.2, -0.15) is 0 Å². The Morgan fingerprint density at radius 2 is 0.667 bits per heavy atom. The fourth-order valence-corrected chi connectivity index (χ4v) is 9.10. The van der Waals surface area contributed by atoms with Crippen molar-refractivity contribution in [1.82, 2.24) is 5.32 Å². The van der Waals surface area contributed by atoms with E-state index in [-0.39, 0.29) is 18.9 Å². The number of nitrogens with one attached hydrogen (secondary N) is 1. The van der Waals surface area contributed by atoms with E-state index in [0.29, 0.717) is 6.42 Å². The van der Waals surface area contributed by atoms with Gasteiger partial charge in [0.1, 0.15) is 0 Å². The number of rotatable bonds is 53. The van der Waals surface area contributed by atoms with Crippen LogP contribution in [0.3, 0.4) is 0 Å². The van der Waals surface area contributed by atoms with Crippen LogP contribution >= 0.6 is 0 Å². The molecule has 0 radical (unpaired) electrons. The Labute approximate surface area is 394 Å². The summed E-state index contributed by atoms with van der Waals surface area (Å²) in [6, 6.07) is -0.745. The highest BCUT2D eigenvalue weighted by molar-refractivity contribution is 5.76. The lowest BCUT2D eigenvalue weighted by Gasteiger charge is -2.21. The molecule has 63 heavy (non-hydrogen) atoms. The minimum atomic E-state index is -0.929. The van der Waals surface area contributed by atoms with E-state index in [1.54, 1.807) is 6.08 Å². The molecule has 3 atom stereocenters. The monoisotopic (exact) mass is 888 g/mol. The van der Waals surface area contributed by atoms with Crippen molar-refractivity contribution in [3.05, 3.63) is 24.3 Å². The summed E-state index contributed by atoms with van der Waals surface area (Å²) in [6.45, 7) is 4.25. The number of amides is 1. The van der Waals surface area contributed by atoms with Gasteiger partial charge in [0.15, 0.2) is 0 Å². The van der Waals surface area contributed by atoms with E-state index in [4.69, 9.17) is 0 Å². The second-order valence-electron chi connectivity index (χ2n) is 19.9. The standard InChI is InChI=1S/C58H113NO4/c1-3-5-7-9-11-13-15-17-19-21-23-25-27-29-31-33-35-37-39-41-43-45-47-49-51-55(61)53-58(63)59-56(54-60)57(62)52-50-48-46-44-42-40-38-36-34-32-30-28-26-24-22-20-18-16-14-12-10-8-6-4-2/h29,31,50,52,55-57,60-62H,3-28,30,32-49,51,53-54H2,1-2H3,(H,59,63)/b31-29-,52-50+. The maximum Gasteiger partial charge on any atom is 0.222 e. The van der Waals surface area contributed by atoms with Crippen molar-refractivity contribution in [2.45, 2.75) is 334 Å². The fourth-order valence-electron chi connectivity index (χ4n) is 9.10. The molecule has 5 nitrogen and oxygen atoms in total. The number of aliphatic hydroxyl groups is 3. The zero-order valence-corrected chi connectivity index (χ0v) is 42.7. The summed E-state index contributed by atoms with van der Waals surface area (Å²) >= 11 is 0. The van der Waals surface area contributed by atoms with Crippen LogP contribution in [0.2, 0.25) is 0 Å². The lowest BCUT2D eigenvalue weighted by molar-refractivity contribution is -0.124. The predicted molar refractivity (Wildman–Crippen MR) is 278 cm³/mol. The second kappa shape index (κ2) is 53.4. The largest absolute Gasteiger partial charge is 0.394 e. The van der Waals surface area contributed by atoms with Gasteiger partial charge in [-0.3, -0.25) is 4.79 Å². The van der Waals surface area contributed by atoms with Crippen LogP contribution < -0.4 is 5.32 Å². The molecule has 0 aliphatic heterocycles. The van der Waals surface area contributed by atoms with Crippen LogP contribution in [-0.4, -0.2) is 46.1 Å². The third-order valence-electron chi connectivity index (χ3n) is 13.5. The Balaban J connectivity index is 3.56. The van der Waals surface area contributed by atoms with E-state index in [2.05, 4.69) is 31.3 Å². The quantitative estimate of drug-likeness (QED) is 0.0362. The molecule has 0 bridgehead atoms. The molecule has 374 valence electrons. The van der Waals surface area contributed by atoms with Gasteiger partial charge in [0.05, 0.1) is 31.3 Å².